The Labute approximate surface area is 211 Å². The lowest BCUT2D eigenvalue weighted by Crippen LogP contribution is -2.30. The molecule has 1 aliphatic heterocycles. The number of allylic oxidation sites excluding steroid dienone is 2. The van der Waals surface area contributed by atoms with Crippen LogP contribution < -0.4 is 16.1 Å². The molecule has 2 atom stereocenters. The molecule has 0 radical (unpaired) electrons. The zero-order chi connectivity index (χ0) is 25.2. The number of nitrogens with one attached hydrogen (secondary N) is 2. The average molecular weight is 509 g/mol. The number of benzene rings is 1. The minimum absolute atomic E-state index is 0.0639. The molecule has 0 saturated carbocycles. The SMILES string of the molecule is CS(=O)c1ccc(C2=CCC(c3[nH]c(=O)[nH]c(=O)c3Cc3cccc(N4CCCC4)n3)CC2)c(F)c1. The van der Waals surface area contributed by atoms with Gasteiger partial charge in [0.1, 0.15) is 11.6 Å². The second kappa shape index (κ2) is 10.3. The number of aromatic amines is 2. The summed E-state index contributed by atoms with van der Waals surface area (Å²) in [6.07, 6.45) is 7.97. The van der Waals surface area contributed by atoms with Gasteiger partial charge in [-0.15, -0.1) is 0 Å². The van der Waals surface area contributed by atoms with Crippen molar-refractivity contribution < 1.29 is 8.60 Å². The Morgan fingerprint density at radius 2 is 1.94 bits per heavy atom. The van der Waals surface area contributed by atoms with E-state index in [0.717, 1.165) is 43.0 Å². The van der Waals surface area contributed by atoms with Crippen molar-refractivity contribution in [2.24, 2.45) is 0 Å². The van der Waals surface area contributed by atoms with E-state index in [4.69, 9.17) is 4.98 Å². The van der Waals surface area contributed by atoms with E-state index < -0.39 is 22.0 Å². The Morgan fingerprint density at radius 3 is 2.64 bits per heavy atom. The molecule has 9 heteroatoms. The van der Waals surface area contributed by atoms with Gasteiger partial charge >= 0.3 is 5.69 Å². The van der Waals surface area contributed by atoms with Crippen molar-refractivity contribution in [1.82, 2.24) is 15.0 Å². The first kappa shape index (κ1) is 24.4. The van der Waals surface area contributed by atoms with E-state index in [0.29, 0.717) is 47.4 Å². The normalized spacial score (nSPS) is 18.8. The smallest absolute Gasteiger partial charge is 0.325 e. The minimum Gasteiger partial charge on any atom is -0.357 e. The number of aromatic nitrogens is 3. The molecule has 0 spiro atoms. The van der Waals surface area contributed by atoms with E-state index in [1.165, 1.54) is 12.3 Å². The fourth-order valence-electron chi connectivity index (χ4n) is 5.20. The summed E-state index contributed by atoms with van der Waals surface area (Å²) in [5, 5.41) is 0. The molecule has 2 aliphatic rings. The van der Waals surface area contributed by atoms with E-state index in [1.54, 1.807) is 12.1 Å². The third-order valence-electron chi connectivity index (χ3n) is 7.09. The van der Waals surface area contributed by atoms with Crippen LogP contribution in [0, 0.1) is 5.82 Å². The molecule has 2 unspecified atom stereocenters. The highest BCUT2D eigenvalue weighted by Gasteiger charge is 2.24. The first-order valence-electron chi connectivity index (χ1n) is 12.3. The molecule has 1 fully saturated rings. The average Bonchev–Trinajstić information content (AvgIpc) is 3.41. The predicted octanol–water partition coefficient (Wildman–Crippen LogP) is 3.88. The maximum absolute atomic E-state index is 14.7. The number of hydrogen-bond acceptors (Lipinski definition) is 5. The van der Waals surface area contributed by atoms with Crippen molar-refractivity contribution >= 4 is 22.2 Å². The van der Waals surface area contributed by atoms with Crippen molar-refractivity contribution in [3.8, 4) is 0 Å². The highest BCUT2D eigenvalue weighted by Crippen LogP contribution is 2.37. The Bertz CT molecular complexity index is 1460. The van der Waals surface area contributed by atoms with Gasteiger partial charge in [0.05, 0.1) is 0 Å². The van der Waals surface area contributed by atoms with Crippen molar-refractivity contribution in [1.29, 1.82) is 0 Å². The van der Waals surface area contributed by atoms with Crippen LogP contribution in [0.25, 0.3) is 5.57 Å². The largest absolute Gasteiger partial charge is 0.357 e. The van der Waals surface area contributed by atoms with Crippen LogP contribution in [0.15, 0.2) is 57.0 Å². The Morgan fingerprint density at radius 1 is 1.14 bits per heavy atom. The van der Waals surface area contributed by atoms with E-state index >= 15 is 0 Å². The molecule has 1 aromatic carbocycles. The summed E-state index contributed by atoms with van der Waals surface area (Å²) in [6, 6.07) is 10.6. The molecule has 3 heterocycles. The van der Waals surface area contributed by atoms with Crippen LogP contribution >= 0.6 is 0 Å². The summed E-state index contributed by atoms with van der Waals surface area (Å²) in [5.41, 5.74) is 2.39. The molecule has 7 nitrogen and oxygen atoms in total. The van der Waals surface area contributed by atoms with Gasteiger partial charge in [-0.25, -0.2) is 14.2 Å². The zero-order valence-electron chi connectivity index (χ0n) is 20.2. The van der Waals surface area contributed by atoms with Gasteiger partial charge in [0.25, 0.3) is 5.56 Å². The van der Waals surface area contributed by atoms with Crippen molar-refractivity contribution in [2.45, 2.75) is 49.3 Å². The van der Waals surface area contributed by atoms with Gasteiger partial charge in [0, 0.05) is 69.9 Å². The Kier molecular flexibility index (Phi) is 7.00. The van der Waals surface area contributed by atoms with Crippen molar-refractivity contribution in [3.63, 3.8) is 0 Å². The number of rotatable bonds is 6. The summed E-state index contributed by atoms with van der Waals surface area (Å²) in [4.78, 5) is 37.8. The van der Waals surface area contributed by atoms with Crippen LogP contribution in [0.5, 0.6) is 0 Å². The van der Waals surface area contributed by atoms with Gasteiger partial charge in [-0.1, -0.05) is 18.2 Å². The highest BCUT2D eigenvalue weighted by atomic mass is 32.2. The summed E-state index contributed by atoms with van der Waals surface area (Å²) in [5.74, 6) is 0.463. The number of hydrogen-bond donors (Lipinski definition) is 2. The van der Waals surface area contributed by atoms with Crippen LogP contribution in [0.2, 0.25) is 0 Å². The maximum Gasteiger partial charge on any atom is 0.325 e. The Hall–Kier alpha value is -3.33. The van der Waals surface area contributed by atoms with E-state index in [1.807, 2.05) is 24.3 Å². The van der Waals surface area contributed by atoms with Crippen LogP contribution in [0.3, 0.4) is 0 Å². The number of pyridine rings is 1. The first-order chi connectivity index (χ1) is 17.4. The van der Waals surface area contributed by atoms with E-state index in [-0.39, 0.29) is 11.7 Å². The molecule has 1 aliphatic carbocycles. The monoisotopic (exact) mass is 508 g/mol. The fraction of sp³-hybridized carbons (Fsp3) is 0.370. The second-order valence-corrected chi connectivity index (χ2v) is 10.8. The highest BCUT2D eigenvalue weighted by molar-refractivity contribution is 7.84. The molecule has 2 N–H and O–H groups in total. The minimum atomic E-state index is -1.24. The molecular formula is C27H29FN4O3S. The van der Waals surface area contributed by atoms with Crippen molar-refractivity contribution in [3.05, 3.63) is 91.6 Å². The summed E-state index contributed by atoms with van der Waals surface area (Å²) < 4.78 is 26.3. The second-order valence-electron chi connectivity index (χ2n) is 9.45. The third kappa shape index (κ3) is 5.11. The van der Waals surface area contributed by atoms with Gasteiger partial charge in [-0.2, -0.15) is 0 Å². The molecular weight excluding hydrogens is 479 g/mol. The van der Waals surface area contributed by atoms with Gasteiger partial charge < -0.3 is 9.88 Å². The predicted molar refractivity (Wildman–Crippen MR) is 139 cm³/mol. The lowest BCUT2D eigenvalue weighted by Gasteiger charge is -2.24. The summed E-state index contributed by atoms with van der Waals surface area (Å²) >= 11 is 0. The molecule has 3 aromatic rings. The first-order valence-corrected chi connectivity index (χ1v) is 13.8. The zero-order valence-corrected chi connectivity index (χ0v) is 21.0. The van der Waals surface area contributed by atoms with Crippen molar-refractivity contribution in [2.75, 3.05) is 24.2 Å². The standard InChI is InChI=1S/C27H29FN4O3S/c1-36(35)20-11-12-21(23(28)16-20)17-7-9-18(10-8-17)25-22(26(33)31-27(34)30-25)15-19-5-4-6-24(29-19)32-13-2-3-14-32/h4-7,11-12,16,18H,2-3,8-10,13-15H2,1H3,(H2,30,31,33,34). The van der Waals surface area contributed by atoms with Crippen LogP contribution in [0.1, 0.15) is 60.5 Å². The molecule has 0 amide bonds. The maximum atomic E-state index is 14.7. The number of nitrogens with zero attached hydrogens (tertiary/aromatic N) is 2. The molecule has 0 bridgehead atoms. The lowest BCUT2D eigenvalue weighted by atomic mass is 9.83. The van der Waals surface area contributed by atoms with Crippen LogP contribution in [0.4, 0.5) is 10.2 Å². The number of halogens is 1. The summed E-state index contributed by atoms with van der Waals surface area (Å²) in [6.45, 7) is 1.97. The topological polar surface area (TPSA) is 98.9 Å². The molecule has 1 saturated heterocycles. The van der Waals surface area contributed by atoms with E-state index in [9.17, 15) is 18.2 Å². The van der Waals surface area contributed by atoms with Gasteiger partial charge in [-0.05, 0) is 61.9 Å². The van der Waals surface area contributed by atoms with Gasteiger partial charge in [0.2, 0.25) is 0 Å². The molecule has 36 heavy (non-hydrogen) atoms. The third-order valence-corrected chi connectivity index (χ3v) is 8.01. The van der Waals surface area contributed by atoms with Crippen LogP contribution in [-0.4, -0.2) is 38.5 Å². The van der Waals surface area contributed by atoms with Gasteiger partial charge in [0.15, 0.2) is 0 Å². The van der Waals surface area contributed by atoms with E-state index in [2.05, 4.69) is 14.9 Å². The van der Waals surface area contributed by atoms with Crippen LogP contribution in [-0.2, 0) is 17.2 Å². The quantitative estimate of drug-likeness (QED) is 0.527. The number of H-pyrrole nitrogens is 2. The lowest BCUT2D eigenvalue weighted by molar-refractivity contribution is 0.587. The fourth-order valence-corrected chi connectivity index (χ4v) is 5.73. The number of anilines is 1. The summed E-state index contributed by atoms with van der Waals surface area (Å²) in [7, 11) is -1.24. The Balaban J connectivity index is 1.41. The van der Waals surface area contributed by atoms with Gasteiger partial charge in [-0.3, -0.25) is 14.0 Å². The molecule has 188 valence electrons. The molecule has 2 aromatic heterocycles. The molecule has 5 rings (SSSR count).